The van der Waals surface area contributed by atoms with Crippen LogP contribution in [0.4, 0.5) is 13.2 Å². The molecule has 0 saturated carbocycles. The van der Waals surface area contributed by atoms with Gasteiger partial charge in [-0.05, 0) is 12.3 Å². The summed E-state index contributed by atoms with van der Waals surface area (Å²) in [4.78, 5) is 22.2. The van der Waals surface area contributed by atoms with Gasteiger partial charge in [0.15, 0.2) is 0 Å². The number of alkyl halides is 3. The van der Waals surface area contributed by atoms with E-state index in [1.165, 1.54) is 0 Å². The van der Waals surface area contributed by atoms with E-state index in [2.05, 4.69) is 0 Å². The van der Waals surface area contributed by atoms with Crippen LogP contribution in [0.5, 0.6) is 0 Å². The minimum absolute atomic E-state index is 0.0384. The Morgan fingerprint density at radius 3 is 2.38 bits per heavy atom. The van der Waals surface area contributed by atoms with E-state index in [4.69, 9.17) is 5.11 Å². The van der Waals surface area contributed by atoms with Crippen molar-refractivity contribution < 1.29 is 27.9 Å². The molecule has 1 saturated heterocycles. The van der Waals surface area contributed by atoms with Crippen molar-refractivity contribution in [3.63, 3.8) is 0 Å². The van der Waals surface area contributed by atoms with Crippen LogP contribution in [0.15, 0.2) is 0 Å². The van der Waals surface area contributed by atoms with Crippen LogP contribution >= 0.6 is 0 Å². The van der Waals surface area contributed by atoms with E-state index in [1.807, 2.05) is 0 Å². The van der Waals surface area contributed by atoms with E-state index in [0.717, 1.165) is 0 Å². The van der Waals surface area contributed by atoms with Crippen LogP contribution in [0, 0.1) is 11.8 Å². The summed E-state index contributed by atoms with van der Waals surface area (Å²) in [6.45, 7) is 1.26. The first kappa shape index (κ1) is 12.8. The first-order valence-corrected chi connectivity index (χ1v) is 4.82. The van der Waals surface area contributed by atoms with Crippen LogP contribution in [0.2, 0.25) is 0 Å². The van der Waals surface area contributed by atoms with Crippen molar-refractivity contribution in [2.24, 2.45) is 11.8 Å². The lowest BCUT2D eigenvalue weighted by molar-refractivity contribution is -0.188. The summed E-state index contributed by atoms with van der Waals surface area (Å²) in [5.74, 6) is -4.24. The number of piperidine rings is 1. The Kier molecular flexibility index (Phi) is 3.44. The van der Waals surface area contributed by atoms with Crippen LogP contribution in [0.1, 0.15) is 13.3 Å². The van der Waals surface area contributed by atoms with Crippen molar-refractivity contribution in [2.45, 2.75) is 19.5 Å². The molecule has 2 atom stereocenters. The molecule has 0 radical (unpaired) electrons. The molecule has 0 unspecified atom stereocenters. The molecule has 1 aliphatic heterocycles. The second kappa shape index (κ2) is 4.31. The molecular weight excluding hydrogens is 227 g/mol. The van der Waals surface area contributed by atoms with Crippen molar-refractivity contribution >= 4 is 11.9 Å². The van der Waals surface area contributed by atoms with E-state index in [9.17, 15) is 22.8 Å². The highest BCUT2D eigenvalue weighted by molar-refractivity contribution is 5.82. The number of amides is 1. The molecule has 0 aromatic heterocycles. The number of halogens is 3. The highest BCUT2D eigenvalue weighted by Gasteiger charge is 2.45. The molecule has 1 amide bonds. The smallest absolute Gasteiger partial charge is 0.471 e. The van der Waals surface area contributed by atoms with E-state index in [0.29, 0.717) is 4.90 Å². The molecule has 0 aliphatic carbocycles. The molecule has 1 fully saturated rings. The van der Waals surface area contributed by atoms with Gasteiger partial charge in [-0.25, -0.2) is 0 Å². The molecule has 7 heteroatoms. The normalized spacial score (nSPS) is 26.6. The highest BCUT2D eigenvalue weighted by atomic mass is 19.4. The summed E-state index contributed by atoms with van der Waals surface area (Å²) >= 11 is 0. The number of carbonyl (C=O) groups is 2. The lowest BCUT2D eigenvalue weighted by atomic mass is 9.87. The van der Waals surface area contributed by atoms with Crippen molar-refractivity contribution in [1.82, 2.24) is 4.90 Å². The van der Waals surface area contributed by atoms with Gasteiger partial charge in [0.05, 0.1) is 5.92 Å². The molecule has 1 aliphatic rings. The molecular formula is C9H12F3NO3. The molecule has 0 aromatic rings. The predicted molar refractivity (Wildman–Crippen MR) is 47.5 cm³/mol. The fraction of sp³-hybridized carbons (Fsp3) is 0.778. The Morgan fingerprint density at radius 2 is 1.94 bits per heavy atom. The zero-order chi connectivity index (χ0) is 12.5. The minimum Gasteiger partial charge on any atom is -0.481 e. The van der Waals surface area contributed by atoms with Gasteiger partial charge in [0, 0.05) is 13.1 Å². The second-order valence-electron chi connectivity index (χ2n) is 3.96. The van der Waals surface area contributed by atoms with Crippen molar-refractivity contribution in [3.05, 3.63) is 0 Å². The zero-order valence-electron chi connectivity index (χ0n) is 8.62. The third kappa shape index (κ3) is 2.65. The lowest BCUT2D eigenvalue weighted by Gasteiger charge is -2.35. The van der Waals surface area contributed by atoms with E-state index in [1.54, 1.807) is 6.92 Å². The summed E-state index contributed by atoms with van der Waals surface area (Å²) in [5, 5.41) is 8.79. The van der Waals surface area contributed by atoms with Crippen molar-refractivity contribution in [3.8, 4) is 0 Å². The molecule has 1 heterocycles. The number of carbonyl (C=O) groups excluding carboxylic acids is 1. The van der Waals surface area contributed by atoms with Crippen LogP contribution in [-0.2, 0) is 9.59 Å². The quantitative estimate of drug-likeness (QED) is 0.745. The maximum absolute atomic E-state index is 12.1. The first-order valence-electron chi connectivity index (χ1n) is 4.82. The van der Waals surface area contributed by atoms with E-state index >= 15 is 0 Å². The Morgan fingerprint density at radius 1 is 1.38 bits per heavy atom. The van der Waals surface area contributed by atoms with Gasteiger partial charge in [0.25, 0.3) is 0 Å². The number of nitrogens with zero attached hydrogens (tertiary/aromatic N) is 1. The van der Waals surface area contributed by atoms with Gasteiger partial charge in [-0.2, -0.15) is 13.2 Å². The molecule has 92 valence electrons. The van der Waals surface area contributed by atoms with Gasteiger partial charge < -0.3 is 10.0 Å². The van der Waals surface area contributed by atoms with Gasteiger partial charge in [0.1, 0.15) is 0 Å². The van der Waals surface area contributed by atoms with Crippen molar-refractivity contribution in [1.29, 1.82) is 0 Å². The third-order valence-corrected chi connectivity index (χ3v) is 2.81. The fourth-order valence-corrected chi connectivity index (χ4v) is 1.75. The number of rotatable bonds is 1. The van der Waals surface area contributed by atoms with Crippen LogP contribution in [-0.4, -0.2) is 41.1 Å². The molecule has 4 nitrogen and oxygen atoms in total. The van der Waals surface area contributed by atoms with Gasteiger partial charge in [-0.3, -0.25) is 9.59 Å². The summed E-state index contributed by atoms with van der Waals surface area (Å²) < 4.78 is 36.4. The monoisotopic (exact) mass is 239 g/mol. The number of carboxylic acid groups (broad SMARTS) is 1. The number of likely N-dealkylation sites (tertiary alicyclic amines) is 1. The first-order chi connectivity index (χ1) is 7.23. The molecule has 0 bridgehead atoms. The number of carboxylic acids is 1. The topological polar surface area (TPSA) is 57.6 Å². The molecule has 16 heavy (non-hydrogen) atoms. The number of hydrogen-bond donors (Lipinski definition) is 1. The standard InChI is InChI=1S/C9H12F3NO3/c1-5-2-3-13(4-6(5)7(14)15)8(16)9(10,11)12/h5-6H,2-4H2,1H3,(H,14,15)/t5-,6+/m0/s1. The Balaban J connectivity index is 2.73. The lowest BCUT2D eigenvalue weighted by Crippen LogP contribution is -2.50. The predicted octanol–water partition coefficient (Wildman–Crippen LogP) is 1.12. The van der Waals surface area contributed by atoms with Crippen molar-refractivity contribution in [2.75, 3.05) is 13.1 Å². The molecule has 0 spiro atoms. The number of aliphatic carboxylic acids is 1. The number of hydrogen-bond acceptors (Lipinski definition) is 2. The fourth-order valence-electron chi connectivity index (χ4n) is 1.75. The Labute approximate surface area is 90.0 Å². The van der Waals surface area contributed by atoms with E-state index < -0.39 is 24.0 Å². The summed E-state index contributed by atoms with van der Waals surface area (Å²) in [6.07, 6.45) is -4.65. The largest absolute Gasteiger partial charge is 0.481 e. The maximum atomic E-state index is 12.1. The highest BCUT2D eigenvalue weighted by Crippen LogP contribution is 2.27. The van der Waals surface area contributed by atoms with Gasteiger partial charge in [-0.1, -0.05) is 6.92 Å². The van der Waals surface area contributed by atoms with Gasteiger partial charge >= 0.3 is 18.1 Å². The molecule has 1 rings (SSSR count). The zero-order valence-corrected chi connectivity index (χ0v) is 8.62. The SMILES string of the molecule is C[C@H]1CCN(C(=O)C(F)(F)F)C[C@H]1C(=O)O. The maximum Gasteiger partial charge on any atom is 0.471 e. The minimum atomic E-state index is -4.93. The average Bonchev–Trinajstić information content (AvgIpc) is 2.15. The van der Waals surface area contributed by atoms with Gasteiger partial charge in [0.2, 0.25) is 0 Å². The molecule has 0 aromatic carbocycles. The molecule has 1 N–H and O–H groups in total. The van der Waals surface area contributed by atoms with E-state index in [-0.39, 0.29) is 25.4 Å². The van der Waals surface area contributed by atoms with Crippen LogP contribution in [0.3, 0.4) is 0 Å². The van der Waals surface area contributed by atoms with Crippen LogP contribution in [0.25, 0.3) is 0 Å². The summed E-state index contributed by atoms with van der Waals surface area (Å²) in [7, 11) is 0. The summed E-state index contributed by atoms with van der Waals surface area (Å²) in [5.41, 5.74) is 0. The van der Waals surface area contributed by atoms with Gasteiger partial charge in [-0.15, -0.1) is 0 Å². The second-order valence-corrected chi connectivity index (χ2v) is 3.96. The summed E-state index contributed by atoms with van der Waals surface area (Å²) in [6, 6.07) is 0. The Bertz CT molecular complexity index is 303. The average molecular weight is 239 g/mol. The van der Waals surface area contributed by atoms with Crippen LogP contribution < -0.4 is 0 Å². The Hall–Kier alpha value is -1.27. The third-order valence-electron chi connectivity index (χ3n) is 2.81.